The van der Waals surface area contributed by atoms with Crippen molar-refractivity contribution in [1.82, 2.24) is 9.38 Å². The lowest BCUT2D eigenvalue weighted by atomic mass is 9.99. The van der Waals surface area contributed by atoms with Gasteiger partial charge in [0.25, 0.3) is 0 Å². The lowest BCUT2D eigenvalue weighted by Crippen LogP contribution is -2.07. The third-order valence-corrected chi connectivity index (χ3v) is 4.67. The number of aromatic nitrogens is 2. The monoisotopic (exact) mass is 341 g/mol. The number of hydrogen-bond acceptors (Lipinski definition) is 3. The van der Waals surface area contributed by atoms with Crippen LogP contribution in [0.2, 0.25) is 0 Å². The molecule has 0 spiro atoms. The molecule has 1 aromatic carbocycles. The average Bonchev–Trinajstić information content (AvgIpc) is 2.88. The van der Waals surface area contributed by atoms with Crippen LogP contribution in [0.3, 0.4) is 0 Å². The molecule has 0 aliphatic rings. The Balaban J connectivity index is 2.00. The molecular weight excluding hydrogens is 317 g/mol. The lowest BCUT2D eigenvalue weighted by Gasteiger charge is -2.15. The predicted octanol–water partition coefficient (Wildman–Crippen LogP) is 4.07. The van der Waals surface area contributed by atoms with Gasteiger partial charge < -0.3 is 10.4 Å². The Morgan fingerprint density at radius 2 is 1.96 bits per heavy atom. The summed E-state index contributed by atoms with van der Waals surface area (Å²) in [4.78, 5) is 4.60. The predicted molar refractivity (Wildman–Crippen MR) is 98.4 cm³/mol. The molecule has 4 nitrogen and oxygen atoms in total. The zero-order valence-electron chi connectivity index (χ0n) is 15.2. The van der Waals surface area contributed by atoms with Gasteiger partial charge in [0, 0.05) is 12.7 Å². The third kappa shape index (κ3) is 3.24. The fourth-order valence-corrected chi connectivity index (χ4v) is 3.36. The van der Waals surface area contributed by atoms with Gasteiger partial charge in [-0.1, -0.05) is 6.92 Å². The summed E-state index contributed by atoms with van der Waals surface area (Å²) in [6.45, 7) is 8.45. The van der Waals surface area contributed by atoms with Crippen LogP contribution >= 0.6 is 0 Å². The van der Waals surface area contributed by atoms with Gasteiger partial charge in [0.1, 0.15) is 5.82 Å². The standard InChI is InChI=1S/C20H24FN3O/c1-5-15-8-16(21)7-13(3)17(15)9-22-18-6-12(2)10-24-19(11-25)14(4)23-20(18)24/h6-8,10,22,25H,5,9,11H2,1-4H3. The molecule has 2 heterocycles. The summed E-state index contributed by atoms with van der Waals surface area (Å²) in [6.07, 6.45) is 2.77. The number of benzene rings is 1. The number of rotatable bonds is 5. The van der Waals surface area contributed by atoms with Crippen LogP contribution in [-0.2, 0) is 19.6 Å². The molecule has 132 valence electrons. The van der Waals surface area contributed by atoms with Crippen molar-refractivity contribution in [3.8, 4) is 0 Å². The van der Waals surface area contributed by atoms with E-state index in [0.717, 1.165) is 51.4 Å². The van der Waals surface area contributed by atoms with Crippen LogP contribution < -0.4 is 5.32 Å². The van der Waals surface area contributed by atoms with Crippen molar-refractivity contribution in [1.29, 1.82) is 0 Å². The van der Waals surface area contributed by atoms with E-state index in [9.17, 15) is 9.50 Å². The number of aliphatic hydroxyl groups is 1. The first-order valence-electron chi connectivity index (χ1n) is 8.55. The first-order valence-corrected chi connectivity index (χ1v) is 8.55. The van der Waals surface area contributed by atoms with Crippen molar-refractivity contribution >= 4 is 11.3 Å². The third-order valence-electron chi connectivity index (χ3n) is 4.67. The van der Waals surface area contributed by atoms with Gasteiger partial charge in [-0.15, -0.1) is 0 Å². The maximum Gasteiger partial charge on any atom is 0.160 e. The number of nitrogens with zero attached hydrogens (tertiary/aromatic N) is 2. The van der Waals surface area contributed by atoms with Crippen molar-refractivity contribution in [3.63, 3.8) is 0 Å². The average molecular weight is 341 g/mol. The topological polar surface area (TPSA) is 49.6 Å². The number of fused-ring (bicyclic) bond motifs is 1. The lowest BCUT2D eigenvalue weighted by molar-refractivity contribution is 0.275. The van der Waals surface area contributed by atoms with Crippen LogP contribution in [0.1, 0.15) is 40.6 Å². The van der Waals surface area contributed by atoms with E-state index in [1.54, 1.807) is 12.1 Å². The molecule has 2 aromatic heterocycles. The van der Waals surface area contributed by atoms with Crippen LogP contribution in [0.25, 0.3) is 5.65 Å². The Morgan fingerprint density at radius 1 is 1.20 bits per heavy atom. The summed E-state index contributed by atoms with van der Waals surface area (Å²) >= 11 is 0. The minimum Gasteiger partial charge on any atom is -0.390 e. The fraction of sp³-hybridized carbons (Fsp3) is 0.350. The molecular formula is C20H24FN3O. The zero-order valence-corrected chi connectivity index (χ0v) is 15.2. The van der Waals surface area contributed by atoms with Gasteiger partial charge in [-0.2, -0.15) is 0 Å². The molecule has 0 atom stereocenters. The second-order valence-corrected chi connectivity index (χ2v) is 6.49. The van der Waals surface area contributed by atoms with E-state index < -0.39 is 0 Å². The van der Waals surface area contributed by atoms with E-state index >= 15 is 0 Å². The number of pyridine rings is 1. The molecule has 0 unspecified atom stereocenters. The second kappa shape index (κ2) is 6.84. The van der Waals surface area contributed by atoms with E-state index in [2.05, 4.69) is 10.3 Å². The summed E-state index contributed by atoms with van der Waals surface area (Å²) in [5.74, 6) is -0.187. The largest absolute Gasteiger partial charge is 0.390 e. The summed E-state index contributed by atoms with van der Waals surface area (Å²) in [6, 6.07) is 5.23. The quantitative estimate of drug-likeness (QED) is 0.736. The highest BCUT2D eigenvalue weighted by Gasteiger charge is 2.13. The number of anilines is 1. The van der Waals surface area contributed by atoms with Crippen LogP contribution in [0.5, 0.6) is 0 Å². The van der Waals surface area contributed by atoms with E-state index in [1.807, 2.05) is 44.4 Å². The minimum absolute atomic E-state index is 0.0487. The van der Waals surface area contributed by atoms with Gasteiger partial charge in [0.05, 0.1) is 23.7 Å². The Bertz CT molecular complexity index is 931. The molecule has 0 saturated carbocycles. The van der Waals surface area contributed by atoms with Crippen molar-refractivity contribution in [2.75, 3.05) is 5.32 Å². The van der Waals surface area contributed by atoms with E-state index in [-0.39, 0.29) is 12.4 Å². The SMILES string of the molecule is CCc1cc(F)cc(C)c1CNc1cc(C)cn2c(CO)c(C)nc12. The van der Waals surface area contributed by atoms with Gasteiger partial charge in [0.15, 0.2) is 5.65 Å². The van der Waals surface area contributed by atoms with Crippen LogP contribution in [0, 0.1) is 26.6 Å². The highest BCUT2D eigenvalue weighted by atomic mass is 19.1. The van der Waals surface area contributed by atoms with Gasteiger partial charge in [-0.25, -0.2) is 9.37 Å². The van der Waals surface area contributed by atoms with Crippen molar-refractivity contribution in [2.24, 2.45) is 0 Å². The first kappa shape index (κ1) is 17.4. The van der Waals surface area contributed by atoms with Gasteiger partial charge >= 0.3 is 0 Å². The molecule has 0 bridgehead atoms. The highest BCUT2D eigenvalue weighted by molar-refractivity contribution is 5.70. The number of hydrogen-bond donors (Lipinski definition) is 2. The Kier molecular flexibility index (Phi) is 4.77. The van der Waals surface area contributed by atoms with E-state index in [0.29, 0.717) is 6.54 Å². The highest BCUT2D eigenvalue weighted by Crippen LogP contribution is 2.24. The van der Waals surface area contributed by atoms with Crippen LogP contribution in [0.15, 0.2) is 24.4 Å². The second-order valence-electron chi connectivity index (χ2n) is 6.49. The molecule has 0 aliphatic carbocycles. The fourth-order valence-electron chi connectivity index (χ4n) is 3.36. The number of halogens is 1. The van der Waals surface area contributed by atoms with Crippen molar-refractivity contribution in [2.45, 2.75) is 47.3 Å². The summed E-state index contributed by atoms with van der Waals surface area (Å²) < 4.78 is 15.6. The van der Waals surface area contributed by atoms with Gasteiger partial charge in [-0.05, 0) is 67.6 Å². The smallest absolute Gasteiger partial charge is 0.160 e. The molecule has 3 rings (SSSR count). The summed E-state index contributed by atoms with van der Waals surface area (Å²) in [5.41, 5.74) is 7.49. The molecule has 0 aliphatic heterocycles. The summed E-state index contributed by atoms with van der Waals surface area (Å²) in [7, 11) is 0. The van der Waals surface area contributed by atoms with Gasteiger partial charge in [-0.3, -0.25) is 4.40 Å². The zero-order chi connectivity index (χ0) is 18.1. The maximum atomic E-state index is 13.6. The molecule has 0 saturated heterocycles. The number of aryl methyl sites for hydroxylation is 4. The maximum absolute atomic E-state index is 13.6. The van der Waals surface area contributed by atoms with Crippen molar-refractivity contribution < 1.29 is 9.50 Å². The van der Waals surface area contributed by atoms with Crippen LogP contribution in [0.4, 0.5) is 10.1 Å². The Hall–Kier alpha value is -2.40. The van der Waals surface area contributed by atoms with E-state index in [1.165, 1.54) is 0 Å². The molecule has 0 radical (unpaired) electrons. The van der Waals surface area contributed by atoms with Crippen LogP contribution in [-0.4, -0.2) is 14.5 Å². The summed E-state index contributed by atoms with van der Waals surface area (Å²) in [5, 5.41) is 13.1. The molecule has 25 heavy (non-hydrogen) atoms. The number of imidazole rings is 1. The number of nitrogens with one attached hydrogen (secondary N) is 1. The molecule has 2 N–H and O–H groups in total. The Labute approximate surface area is 147 Å². The molecule has 3 aromatic rings. The van der Waals surface area contributed by atoms with E-state index in [4.69, 9.17) is 0 Å². The normalized spacial score (nSPS) is 11.3. The molecule has 0 fully saturated rings. The molecule has 0 amide bonds. The van der Waals surface area contributed by atoms with Gasteiger partial charge in [0.2, 0.25) is 0 Å². The minimum atomic E-state index is -0.187. The first-order chi connectivity index (χ1) is 11.9. The Morgan fingerprint density at radius 3 is 2.64 bits per heavy atom. The van der Waals surface area contributed by atoms with Crippen molar-refractivity contribution in [3.05, 3.63) is 63.9 Å². The molecule has 5 heteroatoms. The number of aliphatic hydroxyl groups excluding tert-OH is 1.